The maximum absolute atomic E-state index is 14.4. The molecule has 7 aromatic heterocycles. The van der Waals surface area contributed by atoms with Gasteiger partial charge in [-0.15, -0.1) is 68.0 Å². The number of fused-ring (bicyclic) bond motifs is 14. The first-order chi connectivity index (χ1) is 44.2. The van der Waals surface area contributed by atoms with Crippen LogP contribution in [0.3, 0.4) is 0 Å². The molecule has 4 atom stereocenters. The molecule has 30 heteroatoms. The molecule has 1 saturated carbocycles. The molecule has 10 bridgehead atoms. The first kappa shape index (κ1) is 66.9. The second-order valence-electron chi connectivity index (χ2n) is 22.6. The molecule has 0 radical (unpaired) electrons. The zero-order chi connectivity index (χ0) is 65.3. The Morgan fingerprint density at radius 3 is 2.15 bits per heavy atom. The zero-order valence-electron chi connectivity index (χ0n) is 50.6. The summed E-state index contributed by atoms with van der Waals surface area (Å²) in [5.74, 6) is -5.40. The van der Waals surface area contributed by atoms with Crippen LogP contribution in [0.1, 0.15) is 164 Å². The van der Waals surface area contributed by atoms with Crippen LogP contribution in [0, 0.1) is 24.7 Å². The molecular weight excluding hydrogens is 1300 g/mol. The maximum atomic E-state index is 14.4. The molecule has 0 saturated heterocycles. The van der Waals surface area contributed by atoms with E-state index in [4.69, 9.17) is 39.6 Å². The van der Waals surface area contributed by atoms with Crippen molar-refractivity contribution in [3.05, 3.63) is 111 Å². The molecule has 1 unspecified atom stereocenters. The molecule has 10 rings (SSSR count). The summed E-state index contributed by atoms with van der Waals surface area (Å²) in [6.45, 7) is 5.32. The molecule has 8 heterocycles. The first-order valence-corrected chi connectivity index (χ1v) is 34.8. The van der Waals surface area contributed by atoms with E-state index in [-0.39, 0.29) is 79.4 Å². The number of carboxylic acid groups (broad SMARTS) is 2. The summed E-state index contributed by atoms with van der Waals surface area (Å²) in [6.07, 6.45) is 1.37. The first-order valence-electron chi connectivity index (χ1n) is 29.7. The van der Waals surface area contributed by atoms with Crippen LogP contribution in [0.5, 0.6) is 0 Å². The Hall–Kier alpha value is -7.97. The predicted molar refractivity (Wildman–Crippen MR) is 350 cm³/mol. The van der Waals surface area contributed by atoms with E-state index >= 15 is 0 Å². The number of ether oxygens (including phenoxy) is 1. The fraction of sp³-hybridized carbons (Fsp3) is 0.403. The normalized spacial score (nSPS) is 18.5. The van der Waals surface area contributed by atoms with E-state index in [9.17, 15) is 53.7 Å². The van der Waals surface area contributed by atoms with Crippen LogP contribution in [0.2, 0.25) is 0 Å². The summed E-state index contributed by atoms with van der Waals surface area (Å²) in [6, 6.07) is 10.2. The molecular formula is C62H66N12O12S6. The predicted octanol–water partition coefficient (Wildman–Crippen LogP) is 10.1. The number of aliphatic hydroxyl groups is 1. The van der Waals surface area contributed by atoms with E-state index in [1.165, 1.54) is 70.8 Å². The number of nitrogens with one attached hydrogen (secondary N) is 4. The van der Waals surface area contributed by atoms with Gasteiger partial charge in [0.05, 0.1) is 47.1 Å². The number of rotatable bonds is 17. The van der Waals surface area contributed by atoms with Crippen molar-refractivity contribution in [1.29, 1.82) is 0 Å². The number of carbonyl (C=O) groups is 8. The van der Waals surface area contributed by atoms with Crippen molar-refractivity contribution in [3.8, 4) is 43.4 Å². The summed E-state index contributed by atoms with van der Waals surface area (Å²) in [4.78, 5) is 144. The Morgan fingerprint density at radius 2 is 1.42 bits per heavy atom. The van der Waals surface area contributed by atoms with Gasteiger partial charge in [0.25, 0.3) is 11.8 Å². The Morgan fingerprint density at radius 1 is 0.717 bits per heavy atom. The maximum Gasteiger partial charge on any atom is 0.306 e. The van der Waals surface area contributed by atoms with E-state index in [2.05, 4.69) is 21.3 Å². The van der Waals surface area contributed by atoms with Crippen molar-refractivity contribution in [2.24, 2.45) is 17.8 Å². The van der Waals surface area contributed by atoms with Crippen LogP contribution in [0.25, 0.3) is 43.4 Å². The summed E-state index contributed by atoms with van der Waals surface area (Å²) >= 11 is 7.23. The minimum absolute atomic E-state index is 0.0144. The number of carbonyl (C=O) groups excluding carboxylic acids is 6. The summed E-state index contributed by atoms with van der Waals surface area (Å²) < 4.78 is 5.48. The number of aliphatic hydroxyl groups excluding tert-OH is 1. The minimum atomic E-state index is -1.29. The van der Waals surface area contributed by atoms with Gasteiger partial charge in [0.2, 0.25) is 17.7 Å². The van der Waals surface area contributed by atoms with E-state index in [0.29, 0.717) is 118 Å². The molecule has 92 heavy (non-hydrogen) atoms. The number of carboxylic acids is 2. The monoisotopic (exact) mass is 1360 g/mol. The highest BCUT2D eigenvalue weighted by Gasteiger charge is 2.35. The van der Waals surface area contributed by atoms with Crippen molar-refractivity contribution < 1.29 is 58.4 Å². The SMILES string of the molecule is CNC(=O)C[C@@H]1NC(=O)c2csc(n2)-c2ccc(-c3nc(N(CCCCC(=O)O)C(=O)CC4CCC(C(=O)O)CC4)cs3)nc2-c2csc(n2)-c2csc(n2)[C@H]([C@@H](O)c2ccccc2)NC(=O)CNC(=O)c2nc(sc2COC)C(C(C)C)CC(=O)c2nc1sc2C. The number of hydrogen-bond donors (Lipinski definition) is 7. The number of pyridine rings is 1. The number of ketones is 1. The highest BCUT2D eigenvalue weighted by molar-refractivity contribution is 7.15. The molecule has 1 fully saturated rings. The molecule has 8 aromatic rings. The van der Waals surface area contributed by atoms with Gasteiger partial charge in [0, 0.05) is 77.8 Å². The highest BCUT2D eigenvalue weighted by Crippen LogP contribution is 2.42. The standard InChI is InChI=1S/C62H66N12O12S6/c1-30(2)36-22-42(75)49-31(3)91-60(72-49)38(23-45(76)63-4)66-54(82)40-27-87-56(68-40)35-18-19-37(58-70-44(29-90-58)74(20-10-9-13-48(79)80)47(78)21-32-14-16-34(17-15-32)62(84)85)65-50(35)39-26-88-59(67-39)41-28-89-61(69-41)52(53(81)33-11-7-6-8-12-33)71-46(77)24-64-55(83)51-43(25-86-5)92-57(36)73-51/h6-8,11-12,18-19,26-30,32,34,36,38,52-53,81H,9-10,13-17,20-25H2,1-5H3,(H,63,76)(H,64,83)(H,66,82)(H,71,77)(H,79,80)(H,84,85)/t32?,34?,36?,38-,52-,53-/m0/s1. The number of methoxy groups -OCH3 is 1. The number of Topliss-reactive ketones (excluding diaryl/α,β-unsaturated/α-hetero) is 1. The number of aromatic nitrogens is 7. The van der Waals surface area contributed by atoms with E-state index in [0.717, 1.165) is 11.3 Å². The van der Waals surface area contributed by atoms with Gasteiger partial charge in [0.1, 0.15) is 77.2 Å². The number of aryl methyl sites for hydroxylation is 1. The molecule has 5 amide bonds. The van der Waals surface area contributed by atoms with Crippen molar-refractivity contribution >= 4 is 121 Å². The lowest BCUT2D eigenvalue weighted by Gasteiger charge is -2.28. The van der Waals surface area contributed by atoms with Crippen molar-refractivity contribution in [2.45, 2.75) is 116 Å². The van der Waals surface area contributed by atoms with E-state index < -0.39 is 72.1 Å². The average molecular weight is 1360 g/mol. The molecule has 1 aliphatic carbocycles. The van der Waals surface area contributed by atoms with Crippen LogP contribution in [0.4, 0.5) is 5.82 Å². The zero-order valence-corrected chi connectivity index (χ0v) is 55.5. The Bertz CT molecular complexity index is 4020. The van der Waals surface area contributed by atoms with Gasteiger partial charge in [-0.25, -0.2) is 34.9 Å². The molecule has 2 aliphatic rings. The highest BCUT2D eigenvalue weighted by atomic mass is 32.1. The van der Waals surface area contributed by atoms with Crippen molar-refractivity contribution in [2.75, 3.05) is 32.1 Å². The van der Waals surface area contributed by atoms with E-state index in [1.807, 2.05) is 13.8 Å². The molecule has 0 spiro atoms. The summed E-state index contributed by atoms with van der Waals surface area (Å²) in [7, 11) is 2.95. The third-order valence-electron chi connectivity index (χ3n) is 15.9. The number of nitrogens with zero attached hydrogens (tertiary/aromatic N) is 8. The number of anilines is 1. The quantitative estimate of drug-likeness (QED) is 0.0417. The molecule has 24 nitrogen and oxygen atoms in total. The number of benzene rings is 1. The lowest BCUT2D eigenvalue weighted by Crippen LogP contribution is -2.40. The largest absolute Gasteiger partial charge is 0.481 e. The van der Waals surface area contributed by atoms with Crippen LogP contribution in [0.15, 0.2) is 64.0 Å². The molecule has 7 N–H and O–H groups in total. The summed E-state index contributed by atoms with van der Waals surface area (Å²) in [5.41, 5.74) is 2.70. The Kier molecular flexibility index (Phi) is 22.0. The Labute approximate surface area is 552 Å². The minimum Gasteiger partial charge on any atom is -0.481 e. The van der Waals surface area contributed by atoms with Gasteiger partial charge in [-0.2, -0.15) is 0 Å². The number of unbranched alkanes of at least 4 members (excludes halogenated alkanes) is 1. The van der Waals surface area contributed by atoms with Crippen molar-refractivity contribution in [1.82, 2.24) is 56.2 Å². The topological polar surface area (TPSA) is 348 Å². The molecule has 1 aliphatic heterocycles. The third kappa shape index (κ3) is 15.9. The van der Waals surface area contributed by atoms with Gasteiger partial charge in [0.15, 0.2) is 5.78 Å². The molecule has 482 valence electrons. The van der Waals surface area contributed by atoms with Crippen LogP contribution < -0.4 is 26.2 Å². The number of hydrogen-bond acceptors (Lipinski definition) is 23. The van der Waals surface area contributed by atoms with Gasteiger partial charge in [-0.3, -0.25) is 43.3 Å². The number of amides is 5. The third-order valence-corrected chi connectivity index (χ3v) is 21.6. The van der Waals surface area contributed by atoms with Gasteiger partial charge in [-0.1, -0.05) is 44.2 Å². The lowest BCUT2D eigenvalue weighted by atomic mass is 9.80. The van der Waals surface area contributed by atoms with Gasteiger partial charge >= 0.3 is 11.9 Å². The smallest absolute Gasteiger partial charge is 0.306 e. The lowest BCUT2D eigenvalue weighted by molar-refractivity contribution is -0.143. The number of aliphatic carboxylic acids is 2. The van der Waals surface area contributed by atoms with Crippen molar-refractivity contribution in [3.63, 3.8) is 0 Å². The van der Waals surface area contributed by atoms with Crippen LogP contribution >= 0.6 is 68.0 Å². The van der Waals surface area contributed by atoms with E-state index in [1.54, 1.807) is 75.8 Å². The fourth-order valence-corrected chi connectivity index (χ4v) is 16.5. The van der Waals surface area contributed by atoms with Crippen LogP contribution in [-0.2, 0) is 35.3 Å². The van der Waals surface area contributed by atoms with Gasteiger partial charge < -0.3 is 41.3 Å². The molecule has 1 aromatic carbocycles. The summed E-state index contributed by atoms with van der Waals surface area (Å²) in [5, 5.41) is 51.4. The second-order valence-corrected chi connectivity index (χ2v) is 28.4. The number of thiazole rings is 6. The average Bonchev–Trinajstić information content (AvgIpc) is 1.62. The second kappa shape index (κ2) is 30.2. The van der Waals surface area contributed by atoms with Crippen LogP contribution in [-0.4, -0.2) is 125 Å². The fourth-order valence-electron chi connectivity index (χ4n) is 10.8. The Balaban J connectivity index is 1.03. The van der Waals surface area contributed by atoms with Gasteiger partial charge in [-0.05, 0) is 75.0 Å².